The molecule has 0 aliphatic carbocycles. The molecule has 1 aliphatic rings. The minimum atomic E-state index is -0.740. The molecule has 2 rings (SSSR count). The number of aliphatic carboxylic acids is 1. The van der Waals surface area contributed by atoms with Crippen LogP contribution in [0.2, 0.25) is 0 Å². The van der Waals surface area contributed by atoms with Gasteiger partial charge in [-0.25, -0.2) is 4.39 Å². The molecule has 1 N–H and O–H groups in total. The number of carboxylic acids is 1. The summed E-state index contributed by atoms with van der Waals surface area (Å²) in [5.41, 5.74) is 1.05. The van der Waals surface area contributed by atoms with Crippen LogP contribution >= 0.6 is 15.9 Å². The van der Waals surface area contributed by atoms with E-state index in [-0.39, 0.29) is 18.3 Å². The van der Waals surface area contributed by atoms with Crippen molar-refractivity contribution in [3.05, 3.63) is 34.1 Å². The van der Waals surface area contributed by atoms with E-state index in [0.717, 1.165) is 35.8 Å². The summed E-state index contributed by atoms with van der Waals surface area (Å²) in [5.74, 6) is -0.991. The zero-order chi connectivity index (χ0) is 15.4. The number of carbonyl (C=O) groups is 1. The fraction of sp³-hybridized carbons (Fsp3) is 0.562. The molecule has 1 aromatic rings. The van der Waals surface area contributed by atoms with Crippen LogP contribution in [-0.4, -0.2) is 28.6 Å². The van der Waals surface area contributed by atoms with Crippen molar-refractivity contribution in [2.45, 2.75) is 51.1 Å². The number of hydrogen-bond donors (Lipinski definition) is 1. The zero-order valence-corrected chi connectivity index (χ0v) is 13.8. The highest BCUT2D eigenvalue weighted by Gasteiger charge is 2.28. The molecule has 116 valence electrons. The molecule has 1 fully saturated rings. The van der Waals surface area contributed by atoms with E-state index in [0.29, 0.717) is 12.5 Å². The monoisotopic (exact) mass is 357 g/mol. The molecule has 1 saturated heterocycles. The van der Waals surface area contributed by atoms with E-state index in [4.69, 9.17) is 5.11 Å². The molecule has 3 nitrogen and oxygen atoms in total. The summed E-state index contributed by atoms with van der Waals surface area (Å²) in [6, 6.07) is 5.22. The number of halogens is 2. The quantitative estimate of drug-likeness (QED) is 0.850. The summed E-state index contributed by atoms with van der Waals surface area (Å²) >= 11 is 3.44. The van der Waals surface area contributed by atoms with E-state index in [1.54, 1.807) is 0 Å². The molecular formula is C16H21BrFNO2. The average molecular weight is 358 g/mol. The number of hydrogen-bond acceptors (Lipinski definition) is 2. The second kappa shape index (κ2) is 7.36. The molecule has 1 aliphatic heterocycles. The Labute approximate surface area is 133 Å². The van der Waals surface area contributed by atoms with E-state index in [2.05, 4.69) is 27.8 Å². The third-order valence-corrected chi connectivity index (χ3v) is 4.96. The first kappa shape index (κ1) is 16.4. The van der Waals surface area contributed by atoms with Crippen molar-refractivity contribution in [2.24, 2.45) is 0 Å². The summed E-state index contributed by atoms with van der Waals surface area (Å²) in [7, 11) is 0. The third-order valence-electron chi connectivity index (χ3n) is 4.27. The van der Waals surface area contributed by atoms with Crippen LogP contribution in [0.5, 0.6) is 0 Å². The highest BCUT2D eigenvalue weighted by molar-refractivity contribution is 9.10. The lowest BCUT2D eigenvalue weighted by molar-refractivity contribution is -0.137. The summed E-state index contributed by atoms with van der Waals surface area (Å²) in [4.78, 5) is 13.2. The Morgan fingerprint density at radius 1 is 1.52 bits per heavy atom. The van der Waals surface area contributed by atoms with Gasteiger partial charge in [0.2, 0.25) is 0 Å². The maximum absolute atomic E-state index is 13.2. The van der Waals surface area contributed by atoms with Crippen LogP contribution in [0.3, 0.4) is 0 Å². The van der Waals surface area contributed by atoms with Crippen LogP contribution < -0.4 is 0 Å². The third kappa shape index (κ3) is 4.27. The predicted octanol–water partition coefficient (Wildman–Crippen LogP) is 4.37. The Balaban J connectivity index is 2.13. The maximum atomic E-state index is 13.2. The predicted molar refractivity (Wildman–Crippen MR) is 83.7 cm³/mol. The number of piperidine rings is 1. The van der Waals surface area contributed by atoms with Gasteiger partial charge in [0.1, 0.15) is 5.82 Å². The van der Waals surface area contributed by atoms with Crippen molar-refractivity contribution in [1.82, 2.24) is 4.90 Å². The molecule has 0 radical (unpaired) electrons. The van der Waals surface area contributed by atoms with Gasteiger partial charge in [0, 0.05) is 23.0 Å². The Morgan fingerprint density at radius 3 is 2.95 bits per heavy atom. The smallest absolute Gasteiger partial charge is 0.303 e. The van der Waals surface area contributed by atoms with Gasteiger partial charge in [-0.05, 0) is 50.4 Å². The first-order valence-corrected chi connectivity index (χ1v) is 8.21. The summed E-state index contributed by atoms with van der Waals surface area (Å²) in [6.45, 7) is 3.08. The van der Waals surface area contributed by atoms with Crippen molar-refractivity contribution in [3.8, 4) is 0 Å². The highest BCUT2D eigenvalue weighted by atomic mass is 79.9. The number of benzene rings is 1. The molecule has 2 atom stereocenters. The van der Waals surface area contributed by atoms with Gasteiger partial charge < -0.3 is 5.11 Å². The van der Waals surface area contributed by atoms with Gasteiger partial charge in [-0.1, -0.05) is 28.4 Å². The van der Waals surface area contributed by atoms with Gasteiger partial charge in [-0.2, -0.15) is 0 Å². The maximum Gasteiger partial charge on any atom is 0.303 e. The normalized spacial score (nSPS) is 21.2. The molecule has 1 heterocycles. The van der Waals surface area contributed by atoms with Crippen molar-refractivity contribution in [1.29, 1.82) is 0 Å². The molecule has 5 heteroatoms. The number of carboxylic acid groups (broad SMARTS) is 1. The zero-order valence-electron chi connectivity index (χ0n) is 12.2. The lowest BCUT2D eigenvalue weighted by Gasteiger charge is -2.40. The lowest BCUT2D eigenvalue weighted by atomic mass is 9.94. The summed E-state index contributed by atoms with van der Waals surface area (Å²) in [5, 5.41) is 8.89. The van der Waals surface area contributed by atoms with Gasteiger partial charge in [0.05, 0.1) is 0 Å². The number of likely N-dealkylation sites (tertiary alicyclic amines) is 1. The Kier molecular flexibility index (Phi) is 5.76. The van der Waals surface area contributed by atoms with Crippen LogP contribution in [0.1, 0.15) is 50.6 Å². The van der Waals surface area contributed by atoms with Gasteiger partial charge in [-0.3, -0.25) is 9.69 Å². The first-order valence-electron chi connectivity index (χ1n) is 7.41. The SMILES string of the molecule is CC(c1ccc(F)cc1Br)N1CCCCC1CCC(=O)O. The minimum Gasteiger partial charge on any atom is -0.481 e. The van der Waals surface area contributed by atoms with E-state index in [1.165, 1.54) is 12.1 Å². The Hall–Kier alpha value is -0.940. The van der Waals surface area contributed by atoms with Gasteiger partial charge in [-0.15, -0.1) is 0 Å². The second-order valence-corrected chi connectivity index (χ2v) is 6.52. The minimum absolute atomic E-state index is 0.152. The van der Waals surface area contributed by atoms with Crippen LogP contribution in [0, 0.1) is 5.82 Å². The van der Waals surface area contributed by atoms with E-state index in [9.17, 15) is 9.18 Å². The Bertz CT molecular complexity index is 509. The summed E-state index contributed by atoms with van der Waals surface area (Å²) in [6.07, 6.45) is 4.21. The van der Waals surface area contributed by atoms with E-state index in [1.807, 2.05) is 6.07 Å². The summed E-state index contributed by atoms with van der Waals surface area (Å²) < 4.78 is 14.0. The molecule has 2 unspecified atom stereocenters. The van der Waals surface area contributed by atoms with Crippen molar-refractivity contribution >= 4 is 21.9 Å². The van der Waals surface area contributed by atoms with Gasteiger partial charge in [0.25, 0.3) is 0 Å². The van der Waals surface area contributed by atoms with E-state index >= 15 is 0 Å². The molecule has 21 heavy (non-hydrogen) atoms. The number of nitrogens with zero attached hydrogens (tertiary/aromatic N) is 1. The number of rotatable bonds is 5. The highest BCUT2D eigenvalue weighted by Crippen LogP contribution is 2.34. The van der Waals surface area contributed by atoms with Crippen LogP contribution in [0.25, 0.3) is 0 Å². The van der Waals surface area contributed by atoms with Crippen molar-refractivity contribution < 1.29 is 14.3 Å². The molecular weight excluding hydrogens is 337 g/mol. The fourth-order valence-corrected chi connectivity index (χ4v) is 3.83. The van der Waals surface area contributed by atoms with Crippen LogP contribution in [0.15, 0.2) is 22.7 Å². The molecule has 0 aromatic heterocycles. The second-order valence-electron chi connectivity index (χ2n) is 5.66. The largest absolute Gasteiger partial charge is 0.481 e. The molecule has 1 aromatic carbocycles. The topological polar surface area (TPSA) is 40.5 Å². The van der Waals surface area contributed by atoms with Gasteiger partial charge in [0.15, 0.2) is 0 Å². The fourth-order valence-electron chi connectivity index (χ4n) is 3.15. The van der Waals surface area contributed by atoms with Crippen LogP contribution in [-0.2, 0) is 4.79 Å². The average Bonchev–Trinajstić information content (AvgIpc) is 2.45. The van der Waals surface area contributed by atoms with Crippen molar-refractivity contribution in [2.75, 3.05) is 6.54 Å². The van der Waals surface area contributed by atoms with Crippen molar-refractivity contribution in [3.63, 3.8) is 0 Å². The van der Waals surface area contributed by atoms with Gasteiger partial charge >= 0.3 is 5.97 Å². The molecule has 0 amide bonds. The molecule has 0 saturated carbocycles. The molecule has 0 bridgehead atoms. The standard InChI is InChI=1S/C16H21BrFNO2/c1-11(14-7-5-12(18)10-15(14)17)19-9-3-2-4-13(19)6-8-16(20)21/h5,7,10-11,13H,2-4,6,8-9H2,1H3,(H,20,21). The molecule has 0 spiro atoms. The van der Waals surface area contributed by atoms with Crippen LogP contribution in [0.4, 0.5) is 4.39 Å². The first-order chi connectivity index (χ1) is 9.99. The lowest BCUT2D eigenvalue weighted by Crippen LogP contribution is -2.41. The van der Waals surface area contributed by atoms with E-state index < -0.39 is 5.97 Å². The Morgan fingerprint density at radius 2 is 2.29 bits per heavy atom.